The van der Waals surface area contributed by atoms with Crippen molar-refractivity contribution in [1.29, 1.82) is 0 Å². The average Bonchev–Trinajstić information content (AvgIpc) is 2.78. The molecule has 2 N–H and O–H groups in total. The van der Waals surface area contributed by atoms with Crippen LogP contribution >= 0.6 is 0 Å². The first-order valence-corrected chi connectivity index (χ1v) is 10.0. The van der Waals surface area contributed by atoms with E-state index in [9.17, 15) is 27.2 Å². The molecule has 0 atom stereocenters. The third kappa shape index (κ3) is 4.61. The van der Waals surface area contributed by atoms with Crippen LogP contribution in [0.25, 0.3) is 10.9 Å². The lowest BCUT2D eigenvalue weighted by atomic mass is 10.1. The van der Waals surface area contributed by atoms with Gasteiger partial charge >= 0.3 is 6.18 Å². The van der Waals surface area contributed by atoms with E-state index in [1.165, 1.54) is 10.9 Å². The summed E-state index contributed by atoms with van der Waals surface area (Å²) < 4.78 is 53.8. The third-order valence-electron chi connectivity index (χ3n) is 5.23. The molecule has 0 aliphatic heterocycles. The lowest BCUT2D eigenvalue weighted by Crippen LogP contribution is -2.16. The Morgan fingerprint density at radius 3 is 2.47 bits per heavy atom. The van der Waals surface area contributed by atoms with Crippen LogP contribution in [0.1, 0.15) is 21.5 Å². The van der Waals surface area contributed by atoms with Crippen LogP contribution in [0.15, 0.2) is 65.7 Å². The van der Waals surface area contributed by atoms with Crippen molar-refractivity contribution in [2.24, 2.45) is 7.05 Å². The van der Waals surface area contributed by atoms with Gasteiger partial charge in [0.25, 0.3) is 11.5 Å². The number of nitrogens with one attached hydrogen (secondary N) is 2. The minimum atomic E-state index is -4.92. The smallest absolute Gasteiger partial charge is 0.355 e. The van der Waals surface area contributed by atoms with E-state index in [1.807, 2.05) is 6.92 Å². The summed E-state index contributed by atoms with van der Waals surface area (Å²) in [7, 11) is 1.60. The fraction of sp³-hybridized carbons (Fsp3) is 0.125. The van der Waals surface area contributed by atoms with Gasteiger partial charge in [-0.15, -0.1) is 0 Å². The van der Waals surface area contributed by atoms with Crippen molar-refractivity contribution in [3.8, 4) is 0 Å². The van der Waals surface area contributed by atoms with Gasteiger partial charge in [0.15, 0.2) is 0 Å². The first kappa shape index (κ1) is 23.0. The van der Waals surface area contributed by atoms with Gasteiger partial charge in [-0.1, -0.05) is 6.07 Å². The van der Waals surface area contributed by atoms with Crippen molar-refractivity contribution < 1.29 is 22.4 Å². The molecule has 4 rings (SSSR count). The molecule has 174 valence electrons. The topological polar surface area (TPSA) is 76.0 Å². The Bertz CT molecular complexity index is 1480. The molecule has 0 bridgehead atoms. The Kier molecular flexibility index (Phi) is 5.82. The molecular formula is C24H18F4N4O2. The Labute approximate surface area is 190 Å². The maximum atomic E-state index is 13.5. The minimum Gasteiger partial charge on any atom is -0.355 e. The van der Waals surface area contributed by atoms with Crippen LogP contribution in [-0.4, -0.2) is 15.5 Å². The summed E-state index contributed by atoms with van der Waals surface area (Å²) in [5.41, 5.74) is 0.844. The molecule has 1 aromatic heterocycles. The van der Waals surface area contributed by atoms with Crippen molar-refractivity contribution >= 4 is 33.9 Å². The molecule has 0 fully saturated rings. The number of nitrogens with zero attached hydrogens (tertiary/aromatic N) is 2. The highest BCUT2D eigenvalue weighted by Crippen LogP contribution is 2.32. The van der Waals surface area contributed by atoms with Gasteiger partial charge < -0.3 is 15.2 Å². The van der Waals surface area contributed by atoms with Crippen molar-refractivity contribution in [1.82, 2.24) is 9.55 Å². The molecule has 0 saturated heterocycles. The van der Waals surface area contributed by atoms with E-state index >= 15 is 0 Å². The number of rotatable bonds is 4. The molecular weight excluding hydrogens is 452 g/mol. The fourth-order valence-electron chi connectivity index (χ4n) is 3.37. The first-order chi connectivity index (χ1) is 16.0. The standard InChI is InChI=1S/C24H18F4N4O2/c1-13-3-5-16(31-22(33)14-4-7-19(25)18(9-14)24(26,27)28)11-21(13)30-15-6-8-20-17(10-15)23(34)32(2)12-29-20/h3-12,30H,1-2H3,(H,31,33). The van der Waals surface area contributed by atoms with E-state index in [-0.39, 0.29) is 11.1 Å². The number of aromatic nitrogens is 2. The van der Waals surface area contributed by atoms with Gasteiger partial charge in [-0.05, 0) is 61.0 Å². The number of carbonyl (C=O) groups excluding carboxylic acids is 1. The lowest BCUT2D eigenvalue weighted by Gasteiger charge is -2.14. The van der Waals surface area contributed by atoms with E-state index in [2.05, 4.69) is 15.6 Å². The van der Waals surface area contributed by atoms with Crippen molar-refractivity contribution in [2.45, 2.75) is 13.1 Å². The van der Waals surface area contributed by atoms with E-state index in [0.717, 1.165) is 11.6 Å². The highest BCUT2D eigenvalue weighted by molar-refractivity contribution is 6.04. The molecule has 0 spiro atoms. The molecule has 0 aliphatic carbocycles. The Morgan fingerprint density at radius 2 is 1.74 bits per heavy atom. The van der Waals surface area contributed by atoms with Crippen molar-refractivity contribution in [3.63, 3.8) is 0 Å². The normalized spacial score (nSPS) is 11.5. The summed E-state index contributed by atoms with van der Waals surface area (Å²) in [5, 5.41) is 6.12. The Hall–Kier alpha value is -4.21. The Balaban J connectivity index is 1.60. The van der Waals surface area contributed by atoms with Crippen LogP contribution in [0.4, 0.5) is 34.6 Å². The number of alkyl halides is 3. The van der Waals surface area contributed by atoms with Gasteiger partial charge in [0.2, 0.25) is 0 Å². The van der Waals surface area contributed by atoms with Gasteiger partial charge in [-0.3, -0.25) is 9.59 Å². The number of benzene rings is 3. The number of aryl methyl sites for hydroxylation is 2. The summed E-state index contributed by atoms with van der Waals surface area (Å²) >= 11 is 0. The van der Waals surface area contributed by atoms with E-state index in [1.54, 1.807) is 43.4 Å². The van der Waals surface area contributed by atoms with Gasteiger partial charge in [-0.2, -0.15) is 13.2 Å². The van der Waals surface area contributed by atoms with Crippen LogP contribution in [0.5, 0.6) is 0 Å². The molecule has 0 aliphatic rings. The second-order valence-electron chi connectivity index (χ2n) is 7.69. The number of fused-ring (bicyclic) bond motifs is 1. The molecule has 34 heavy (non-hydrogen) atoms. The second kappa shape index (κ2) is 8.62. The van der Waals surface area contributed by atoms with Crippen molar-refractivity contribution in [3.05, 3.63) is 93.8 Å². The van der Waals surface area contributed by atoms with Crippen LogP contribution in [0.3, 0.4) is 0 Å². The maximum Gasteiger partial charge on any atom is 0.419 e. The van der Waals surface area contributed by atoms with E-state index < -0.39 is 23.5 Å². The predicted octanol–water partition coefficient (Wildman–Crippen LogP) is 5.40. The van der Waals surface area contributed by atoms with E-state index in [0.29, 0.717) is 40.1 Å². The summed E-state index contributed by atoms with van der Waals surface area (Å²) in [6.45, 7) is 1.82. The van der Waals surface area contributed by atoms with Gasteiger partial charge in [0.1, 0.15) is 5.82 Å². The predicted molar refractivity (Wildman–Crippen MR) is 121 cm³/mol. The summed E-state index contributed by atoms with van der Waals surface area (Å²) in [6, 6.07) is 12.1. The molecule has 3 aromatic carbocycles. The quantitative estimate of drug-likeness (QED) is 0.392. The summed E-state index contributed by atoms with van der Waals surface area (Å²) in [5.74, 6) is -2.27. The molecule has 10 heteroatoms. The lowest BCUT2D eigenvalue weighted by molar-refractivity contribution is -0.140. The second-order valence-corrected chi connectivity index (χ2v) is 7.69. The molecule has 0 saturated carbocycles. The monoisotopic (exact) mass is 470 g/mol. The maximum absolute atomic E-state index is 13.5. The minimum absolute atomic E-state index is 0.205. The number of hydrogen-bond acceptors (Lipinski definition) is 4. The number of hydrogen-bond donors (Lipinski definition) is 2. The molecule has 0 radical (unpaired) electrons. The number of carbonyl (C=O) groups is 1. The SMILES string of the molecule is Cc1ccc(NC(=O)c2ccc(F)c(C(F)(F)F)c2)cc1Nc1ccc2ncn(C)c(=O)c2c1. The highest BCUT2D eigenvalue weighted by Gasteiger charge is 2.34. The van der Waals surface area contributed by atoms with Gasteiger partial charge in [0.05, 0.1) is 22.8 Å². The zero-order valence-electron chi connectivity index (χ0n) is 18.0. The molecule has 0 unspecified atom stereocenters. The molecule has 4 aromatic rings. The zero-order valence-corrected chi connectivity index (χ0v) is 18.0. The number of anilines is 3. The average molecular weight is 470 g/mol. The Morgan fingerprint density at radius 1 is 1.00 bits per heavy atom. The zero-order chi connectivity index (χ0) is 24.6. The van der Waals surface area contributed by atoms with Crippen LogP contribution in [0.2, 0.25) is 0 Å². The largest absolute Gasteiger partial charge is 0.419 e. The van der Waals surface area contributed by atoms with Crippen LogP contribution in [-0.2, 0) is 13.2 Å². The number of amides is 1. The summed E-state index contributed by atoms with van der Waals surface area (Å²) in [4.78, 5) is 29.1. The highest BCUT2D eigenvalue weighted by atomic mass is 19.4. The van der Waals surface area contributed by atoms with Crippen LogP contribution < -0.4 is 16.2 Å². The molecule has 6 nitrogen and oxygen atoms in total. The first-order valence-electron chi connectivity index (χ1n) is 10.0. The van der Waals surface area contributed by atoms with E-state index in [4.69, 9.17) is 0 Å². The fourth-order valence-corrected chi connectivity index (χ4v) is 3.37. The summed E-state index contributed by atoms with van der Waals surface area (Å²) in [6.07, 6.45) is -3.48. The van der Waals surface area contributed by atoms with Crippen LogP contribution in [0, 0.1) is 12.7 Å². The van der Waals surface area contributed by atoms with Gasteiger partial charge in [-0.25, -0.2) is 9.37 Å². The van der Waals surface area contributed by atoms with Crippen molar-refractivity contribution in [2.75, 3.05) is 10.6 Å². The number of halogens is 4. The molecule has 1 heterocycles. The third-order valence-corrected chi connectivity index (χ3v) is 5.23. The van der Waals surface area contributed by atoms with Gasteiger partial charge in [0, 0.05) is 29.7 Å². The molecule has 1 amide bonds.